The number of nitrogens with one attached hydrogen (secondary N) is 1. The average Bonchev–Trinajstić information content (AvgIpc) is 2.68. The molecular formula is C11H14ClN3OS. The molecule has 0 saturated heterocycles. The molecule has 0 aliphatic carbocycles. The molecule has 0 aliphatic heterocycles. The number of hydrogen-bond donors (Lipinski definition) is 2. The van der Waals surface area contributed by atoms with Crippen molar-refractivity contribution >= 4 is 39.9 Å². The highest BCUT2D eigenvalue weighted by Gasteiger charge is 2.08. The Kier molecular flexibility index (Phi) is 4.86. The Hall–Kier alpha value is -1.17. The molecule has 0 bridgehead atoms. The molecule has 1 amide bonds. The van der Waals surface area contributed by atoms with Crippen LogP contribution in [0.4, 0.5) is 0 Å². The molecule has 0 aliphatic rings. The molecule has 4 nitrogen and oxygen atoms in total. The highest BCUT2D eigenvalue weighted by molar-refractivity contribution is 7.18. The summed E-state index contributed by atoms with van der Waals surface area (Å²) in [6.45, 7) is 2.10. The van der Waals surface area contributed by atoms with Crippen LogP contribution in [0.5, 0.6) is 0 Å². The Labute approximate surface area is 110 Å². The summed E-state index contributed by atoms with van der Waals surface area (Å²) < 4.78 is 1.13. The first kappa shape index (κ1) is 13.9. The van der Waals surface area contributed by atoms with E-state index < -0.39 is 6.04 Å². The van der Waals surface area contributed by atoms with E-state index in [0.29, 0.717) is 6.54 Å². The molecule has 0 radical (unpaired) electrons. The number of benzene rings is 1. The van der Waals surface area contributed by atoms with E-state index in [2.05, 4.69) is 10.3 Å². The number of rotatable bonds is 3. The van der Waals surface area contributed by atoms with Gasteiger partial charge in [0.15, 0.2) is 0 Å². The summed E-state index contributed by atoms with van der Waals surface area (Å²) in [4.78, 5) is 15.7. The van der Waals surface area contributed by atoms with Gasteiger partial charge in [0.1, 0.15) is 5.01 Å². The third kappa shape index (κ3) is 3.39. The van der Waals surface area contributed by atoms with Crippen LogP contribution in [0.25, 0.3) is 10.2 Å². The fourth-order valence-corrected chi connectivity index (χ4v) is 2.23. The second-order valence-corrected chi connectivity index (χ2v) is 4.70. The van der Waals surface area contributed by atoms with Crippen LogP contribution < -0.4 is 11.1 Å². The molecule has 3 N–H and O–H groups in total. The van der Waals surface area contributed by atoms with Crippen LogP contribution in [-0.2, 0) is 11.3 Å². The lowest BCUT2D eigenvalue weighted by molar-refractivity contribution is -0.122. The number of aromatic nitrogens is 1. The third-order valence-electron chi connectivity index (χ3n) is 2.17. The van der Waals surface area contributed by atoms with E-state index in [-0.39, 0.29) is 18.3 Å². The smallest absolute Gasteiger partial charge is 0.236 e. The minimum absolute atomic E-state index is 0. The molecule has 92 valence electrons. The van der Waals surface area contributed by atoms with Gasteiger partial charge in [-0.1, -0.05) is 12.1 Å². The molecule has 6 heteroatoms. The fraction of sp³-hybridized carbons (Fsp3) is 0.273. The Morgan fingerprint density at radius 3 is 2.88 bits per heavy atom. The largest absolute Gasteiger partial charge is 0.348 e. The van der Waals surface area contributed by atoms with Gasteiger partial charge in [0.05, 0.1) is 22.8 Å². The van der Waals surface area contributed by atoms with E-state index in [4.69, 9.17) is 5.73 Å². The van der Waals surface area contributed by atoms with E-state index in [9.17, 15) is 4.79 Å². The van der Waals surface area contributed by atoms with Gasteiger partial charge in [-0.25, -0.2) is 4.98 Å². The summed E-state index contributed by atoms with van der Waals surface area (Å²) >= 11 is 1.58. The van der Waals surface area contributed by atoms with Gasteiger partial charge in [-0.05, 0) is 19.1 Å². The minimum atomic E-state index is -0.477. The van der Waals surface area contributed by atoms with Crippen LogP contribution >= 0.6 is 23.7 Å². The second kappa shape index (κ2) is 5.95. The minimum Gasteiger partial charge on any atom is -0.348 e. The van der Waals surface area contributed by atoms with E-state index in [1.165, 1.54) is 0 Å². The lowest BCUT2D eigenvalue weighted by Gasteiger charge is -2.04. The van der Waals surface area contributed by atoms with E-state index in [1.807, 2.05) is 24.3 Å². The van der Waals surface area contributed by atoms with Crippen molar-refractivity contribution in [1.29, 1.82) is 0 Å². The van der Waals surface area contributed by atoms with Crippen molar-refractivity contribution in [3.05, 3.63) is 29.3 Å². The first-order chi connectivity index (χ1) is 7.66. The van der Waals surface area contributed by atoms with Crippen molar-refractivity contribution in [2.24, 2.45) is 5.73 Å². The predicted octanol–water partition coefficient (Wildman–Crippen LogP) is 1.68. The molecule has 2 rings (SSSR count). The summed E-state index contributed by atoms with van der Waals surface area (Å²) in [7, 11) is 0. The van der Waals surface area contributed by atoms with Gasteiger partial charge in [0.25, 0.3) is 0 Å². The Bertz CT molecular complexity index is 479. The van der Waals surface area contributed by atoms with Gasteiger partial charge in [0, 0.05) is 0 Å². The number of amides is 1. The molecule has 0 unspecified atom stereocenters. The van der Waals surface area contributed by atoms with Gasteiger partial charge in [-0.3, -0.25) is 4.79 Å². The number of nitrogens with two attached hydrogens (primary N) is 1. The van der Waals surface area contributed by atoms with Crippen molar-refractivity contribution in [3.8, 4) is 0 Å². The number of hydrogen-bond acceptors (Lipinski definition) is 4. The monoisotopic (exact) mass is 271 g/mol. The lowest BCUT2D eigenvalue weighted by atomic mass is 10.3. The molecule has 2 aromatic rings. The van der Waals surface area contributed by atoms with Crippen LogP contribution in [0, 0.1) is 0 Å². The zero-order chi connectivity index (χ0) is 11.5. The molecule has 0 spiro atoms. The zero-order valence-electron chi connectivity index (χ0n) is 9.34. The maximum atomic E-state index is 11.3. The van der Waals surface area contributed by atoms with E-state index >= 15 is 0 Å². The Balaban J connectivity index is 0.00000144. The summed E-state index contributed by atoms with van der Waals surface area (Å²) in [6, 6.07) is 7.43. The molecular weight excluding hydrogens is 258 g/mol. The SMILES string of the molecule is C[C@@H](N)C(=O)NCc1nc2ccccc2s1.Cl. The highest BCUT2D eigenvalue weighted by Crippen LogP contribution is 2.21. The van der Waals surface area contributed by atoms with Gasteiger partial charge < -0.3 is 11.1 Å². The van der Waals surface area contributed by atoms with E-state index in [1.54, 1.807) is 18.3 Å². The average molecular weight is 272 g/mol. The number of fused-ring (bicyclic) bond motifs is 1. The van der Waals surface area contributed by atoms with Crippen LogP contribution in [0.1, 0.15) is 11.9 Å². The summed E-state index contributed by atoms with van der Waals surface area (Å²) in [5, 5.41) is 3.64. The standard InChI is InChI=1S/C11H13N3OS.ClH/c1-7(12)11(15)13-6-10-14-8-4-2-3-5-9(8)16-10;/h2-5,7H,6,12H2,1H3,(H,13,15);1H/t7-;/m1./s1. The quantitative estimate of drug-likeness (QED) is 0.893. The number of nitrogens with zero attached hydrogens (tertiary/aromatic N) is 1. The molecule has 0 fully saturated rings. The predicted molar refractivity (Wildman–Crippen MR) is 72.4 cm³/mol. The first-order valence-electron chi connectivity index (χ1n) is 5.04. The van der Waals surface area contributed by atoms with Crippen molar-refractivity contribution in [2.75, 3.05) is 0 Å². The maximum Gasteiger partial charge on any atom is 0.236 e. The molecule has 17 heavy (non-hydrogen) atoms. The summed E-state index contributed by atoms with van der Waals surface area (Å²) in [6.07, 6.45) is 0. The first-order valence-corrected chi connectivity index (χ1v) is 5.86. The van der Waals surface area contributed by atoms with Crippen LogP contribution in [0.2, 0.25) is 0 Å². The Morgan fingerprint density at radius 1 is 1.53 bits per heavy atom. The highest BCUT2D eigenvalue weighted by atomic mass is 35.5. The van der Waals surface area contributed by atoms with Gasteiger partial charge >= 0.3 is 0 Å². The molecule has 1 aromatic carbocycles. The fourth-order valence-electron chi connectivity index (χ4n) is 1.32. The topological polar surface area (TPSA) is 68.0 Å². The Morgan fingerprint density at radius 2 is 2.24 bits per heavy atom. The number of halogens is 1. The van der Waals surface area contributed by atoms with Crippen LogP contribution in [-0.4, -0.2) is 16.9 Å². The number of carbonyl (C=O) groups excluding carboxylic acids is 1. The van der Waals surface area contributed by atoms with Crippen molar-refractivity contribution in [3.63, 3.8) is 0 Å². The number of carbonyl (C=O) groups is 1. The summed E-state index contributed by atoms with van der Waals surface area (Å²) in [5.41, 5.74) is 6.42. The van der Waals surface area contributed by atoms with Crippen LogP contribution in [0.15, 0.2) is 24.3 Å². The normalized spacial score (nSPS) is 11.9. The van der Waals surface area contributed by atoms with Crippen molar-refractivity contribution < 1.29 is 4.79 Å². The number of thiazole rings is 1. The maximum absolute atomic E-state index is 11.3. The summed E-state index contributed by atoms with van der Waals surface area (Å²) in [5.74, 6) is -0.153. The molecule has 0 saturated carbocycles. The lowest BCUT2D eigenvalue weighted by Crippen LogP contribution is -2.37. The molecule has 1 heterocycles. The molecule has 1 aromatic heterocycles. The van der Waals surface area contributed by atoms with Crippen LogP contribution in [0.3, 0.4) is 0 Å². The van der Waals surface area contributed by atoms with Gasteiger partial charge in [-0.2, -0.15) is 0 Å². The number of para-hydroxylation sites is 1. The van der Waals surface area contributed by atoms with E-state index in [0.717, 1.165) is 15.2 Å². The zero-order valence-corrected chi connectivity index (χ0v) is 11.0. The van der Waals surface area contributed by atoms with Gasteiger partial charge in [0.2, 0.25) is 5.91 Å². The van der Waals surface area contributed by atoms with Gasteiger partial charge in [-0.15, -0.1) is 23.7 Å². The molecule has 1 atom stereocenters. The second-order valence-electron chi connectivity index (χ2n) is 3.58. The van der Waals surface area contributed by atoms with Crippen molar-refractivity contribution in [2.45, 2.75) is 19.5 Å². The van der Waals surface area contributed by atoms with Crippen molar-refractivity contribution in [1.82, 2.24) is 10.3 Å². The third-order valence-corrected chi connectivity index (χ3v) is 3.20.